The summed E-state index contributed by atoms with van der Waals surface area (Å²) in [6, 6.07) is 3.16. The lowest BCUT2D eigenvalue weighted by Gasteiger charge is -2.09. The van der Waals surface area contributed by atoms with Gasteiger partial charge in [0.25, 0.3) is 0 Å². The Balaban J connectivity index is 3.23. The van der Waals surface area contributed by atoms with E-state index in [0.717, 1.165) is 24.5 Å². The Morgan fingerprint density at radius 3 is 2.43 bits per heavy atom. The van der Waals surface area contributed by atoms with Crippen LogP contribution < -0.4 is 4.72 Å². The molecule has 0 bridgehead atoms. The fourth-order valence-electron chi connectivity index (χ4n) is 1.31. The van der Waals surface area contributed by atoms with E-state index in [-0.39, 0.29) is 11.3 Å². The molecule has 0 spiro atoms. The summed E-state index contributed by atoms with van der Waals surface area (Å²) in [4.78, 5) is 25.0. The molecule has 9 nitrogen and oxygen atoms in total. The van der Waals surface area contributed by atoms with E-state index >= 15 is 0 Å². The molecule has 0 aliphatic heterocycles. The van der Waals surface area contributed by atoms with Gasteiger partial charge >= 0.3 is 11.9 Å². The number of nitrogens with zero attached hydrogens (tertiary/aromatic N) is 1. The molecule has 23 heavy (non-hydrogen) atoms. The van der Waals surface area contributed by atoms with Crippen LogP contribution in [0, 0.1) is 0 Å². The second-order valence-electron chi connectivity index (χ2n) is 4.06. The number of aromatic hydroxyl groups is 1. The molecule has 0 aliphatic carbocycles. The number of anilines is 1. The minimum Gasteiger partial charge on any atom is -0.506 e. The van der Waals surface area contributed by atoms with Crippen LogP contribution in [0.4, 0.5) is 5.69 Å². The molecule has 0 heterocycles. The van der Waals surface area contributed by atoms with Crippen molar-refractivity contribution in [2.45, 2.75) is 4.84 Å². The summed E-state index contributed by atoms with van der Waals surface area (Å²) in [6.45, 7) is 0. The minimum atomic E-state index is -3.72. The Hall–Kier alpha value is -2.04. The Kier molecular flexibility index (Phi) is 6.19. The predicted molar refractivity (Wildman–Crippen MR) is 82.3 cm³/mol. The van der Waals surface area contributed by atoms with Gasteiger partial charge in [0.2, 0.25) is 14.9 Å². The van der Waals surface area contributed by atoms with E-state index in [9.17, 15) is 23.1 Å². The average Bonchev–Trinajstić information content (AvgIpc) is 2.40. The number of halogens is 2. The van der Waals surface area contributed by atoms with E-state index in [1.807, 2.05) is 4.72 Å². The zero-order chi connectivity index (χ0) is 17.8. The van der Waals surface area contributed by atoms with Gasteiger partial charge in [0, 0.05) is 5.56 Å². The first-order valence-electron chi connectivity index (χ1n) is 5.62. The monoisotopic (exact) mass is 384 g/mol. The minimum absolute atomic E-state index is 0.144. The summed E-state index contributed by atoms with van der Waals surface area (Å²) in [5, 5.41) is 21.8. The Morgan fingerprint density at radius 2 is 1.96 bits per heavy atom. The number of carboxylic acids is 1. The molecule has 1 aromatic rings. The molecule has 0 saturated heterocycles. The molecule has 0 atom stereocenters. The van der Waals surface area contributed by atoms with Gasteiger partial charge in [0.15, 0.2) is 5.71 Å². The van der Waals surface area contributed by atoms with Crippen LogP contribution in [0.25, 0.3) is 0 Å². The van der Waals surface area contributed by atoms with Crippen LogP contribution in [0.3, 0.4) is 0 Å². The number of carboxylic acid groups (broad SMARTS) is 1. The van der Waals surface area contributed by atoms with Gasteiger partial charge in [0.05, 0.1) is 11.9 Å². The first-order valence-corrected chi connectivity index (χ1v) is 8.39. The number of benzene rings is 1. The molecule has 0 aromatic heterocycles. The van der Waals surface area contributed by atoms with Crippen molar-refractivity contribution < 1.29 is 33.1 Å². The number of alkyl halides is 2. The van der Waals surface area contributed by atoms with Crippen molar-refractivity contribution in [2.75, 3.05) is 11.0 Å². The second kappa shape index (κ2) is 7.49. The maximum Gasteiger partial charge on any atom is 0.367 e. The third kappa shape index (κ3) is 5.93. The number of sulfonamides is 1. The lowest BCUT2D eigenvalue weighted by Crippen LogP contribution is -2.18. The van der Waals surface area contributed by atoms with Crippen LogP contribution in [0.15, 0.2) is 23.4 Å². The van der Waals surface area contributed by atoms with Gasteiger partial charge in [0.1, 0.15) is 5.75 Å². The molecular weight excluding hydrogens is 375 g/mol. The van der Waals surface area contributed by atoms with E-state index < -0.39 is 38.3 Å². The molecule has 3 N–H and O–H groups in total. The van der Waals surface area contributed by atoms with Crippen molar-refractivity contribution in [1.29, 1.82) is 0 Å². The van der Waals surface area contributed by atoms with Crippen molar-refractivity contribution in [3.63, 3.8) is 0 Å². The topological polar surface area (TPSA) is 142 Å². The third-order valence-corrected chi connectivity index (χ3v) is 3.12. The highest BCUT2D eigenvalue weighted by molar-refractivity contribution is 7.92. The lowest BCUT2D eigenvalue weighted by atomic mass is 10.1. The highest BCUT2D eigenvalue weighted by Crippen LogP contribution is 2.25. The van der Waals surface area contributed by atoms with E-state index in [2.05, 4.69) is 9.99 Å². The fraction of sp³-hybridized carbons (Fsp3) is 0.182. The molecule has 0 aliphatic rings. The number of aliphatic carboxylic acids is 1. The summed E-state index contributed by atoms with van der Waals surface area (Å²) in [7, 11) is -3.72. The highest BCUT2D eigenvalue weighted by Gasteiger charge is 2.19. The summed E-state index contributed by atoms with van der Waals surface area (Å²) < 4.78 is 24.4. The predicted octanol–water partition coefficient (Wildman–Crippen LogP) is 0.899. The maximum absolute atomic E-state index is 11.2. The van der Waals surface area contributed by atoms with Crippen LogP contribution in [0.2, 0.25) is 0 Å². The SMILES string of the molecule is CS(=O)(=O)Nc1cc(C(=NOC(=O)C(Cl)Cl)C(=O)O)ccc1O. The van der Waals surface area contributed by atoms with Crippen molar-refractivity contribution in [2.24, 2.45) is 5.16 Å². The standard InChI is InChI=1S/C11H10Cl2N2O7S/c1-23(20,21)15-6-4-5(2-3-7(6)16)8(10(17)18)14-22-11(19)9(12)13/h2-4,9,15-16H,1H3,(H,17,18). The quantitative estimate of drug-likeness (QED) is 0.217. The molecule has 1 aromatic carbocycles. The van der Waals surface area contributed by atoms with E-state index in [1.54, 1.807) is 0 Å². The van der Waals surface area contributed by atoms with Crippen LogP contribution in [0.5, 0.6) is 5.75 Å². The summed E-state index contributed by atoms with van der Waals surface area (Å²) in [6.07, 6.45) is 0.841. The van der Waals surface area contributed by atoms with E-state index in [1.165, 1.54) is 0 Å². The Labute approximate surface area is 140 Å². The number of hydrogen-bond acceptors (Lipinski definition) is 7. The number of phenolic OH excluding ortho intramolecular Hbond substituents is 1. The molecule has 0 fully saturated rings. The Bertz CT molecular complexity index is 762. The van der Waals surface area contributed by atoms with Crippen LogP contribution in [-0.2, 0) is 24.4 Å². The van der Waals surface area contributed by atoms with Gasteiger partial charge in [-0.15, -0.1) is 0 Å². The summed E-state index contributed by atoms with van der Waals surface area (Å²) in [5.74, 6) is -3.21. The van der Waals surface area contributed by atoms with Gasteiger partial charge in [-0.2, -0.15) is 0 Å². The number of carbonyl (C=O) groups excluding carboxylic acids is 1. The summed E-state index contributed by atoms with van der Waals surface area (Å²) >= 11 is 10.4. The number of carbonyl (C=O) groups is 2. The van der Waals surface area contributed by atoms with Gasteiger partial charge in [-0.05, 0) is 18.2 Å². The van der Waals surface area contributed by atoms with Gasteiger partial charge in [-0.25, -0.2) is 18.0 Å². The van der Waals surface area contributed by atoms with Gasteiger partial charge < -0.3 is 15.1 Å². The molecular formula is C11H10Cl2N2O7S. The molecule has 1 rings (SSSR count). The molecule has 0 unspecified atom stereocenters. The van der Waals surface area contributed by atoms with E-state index in [0.29, 0.717) is 0 Å². The fourth-order valence-corrected chi connectivity index (χ4v) is 1.95. The molecule has 0 saturated carbocycles. The van der Waals surface area contributed by atoms with Crippen LogP contribution >= 0.6 is 23.2 Å². The van der Waals surface area contributed by atoms with Crippen LogP contribution in [0.1, 0.15) is 5.56 Å². The Morgan fingerprint density at radius 1 is 1.35 bits per heavy atom. The highest BCUT2D eigenvalue weighted by atomic mass is 35.5. The number of phenols is 1. The number of hydrogen-bond donors (Lipinski definition) is 3. The van der Waals surface area contributed by atoms with Crippen molar-refractivity contribution in [3.8, 4) is 5.75 Å². The van der Waals surface area contributed by atoms with Crippen molar-refractivity contribution >= 4 is 56.6 Å². The normalized spacial score (nSPS) is 12.1. The third-order valence-electron chi connectivity index (χ3n) is 2.17. The van der Waals surface area contributed by atoms with Crippen molar-refractivity contribution in [3.05, 3.63) is 23.8 Å². The first-order chi connectivity index (χ1) is 10.5. The number of nitrogens with one attached hydrogen (secondary N) is 1. The molecule has 0 radical (unpaired) electrons. The molecule has 126 valence electrons. The lowest BCUT2D eigenvalue weighted by molar-refractivity contribution is -0.141. The maximum atomic E-state index is 11.2. The van der Waals surface area contributed by atoms with Crippen molar-refractivity contribution in [1.82, 2.24) is 0 Å². The molecule has 0 amide bonds. The number of oxime groups is 1. The first kappa shape index (κ1) is 19.0. The second-order valence-corrected chi connectivity index (χ2v) is 6.91. The van der Waals surface area contributed by atoms with Gasteiger partial charge in [-0.1, -0.05) is 28.4 Å². The van der Waals surface area contributed by atoms with Crippen LogP contribution in [-0.4, -0.2) is 47.4 Å². The smallest absolute Gasteiger partial charge is 0.367 e. The number of rotatable bonds is 6. The largest absolute Gasteiger partial charge is 0.506 e. The molecule has 12 heteroatoms. The zero-order valence-electron chi connectivity index (χ0n) is 11.4. The average molecular weight is 385 g/mol. The van der Waals surface area contributed by atoms with Gasteiger partial charge in [-0.3, -0.25) is 4.72 Å². The van der Waals surface area contributed by atoms with E-state index in [4.69, 9.17) is 28.3 Å². The summed E-state index contributed by atoms with van der Waals surface area (Å²) in [5.41, 5.74) is -1.16. The zero-order valence-corrected chi connectivity index (χ0v) is 13.7.